The number of anilines is 3. The van der Waals surface area contributed by atoms with Gasteiger partial charge in [-0.3, -0.25) is 9.59 Å². The van der Waals surface area contributed by atoms with Gasteiger partial charge in [-0.05, 0) is 76.8 Å². The molecule has 0 atom stereocenters. The van der Waals surface area contributed by atoms with E-state index in [9.17, 15) is 9.59 Å². The number of ketones is 2. The van der Waals surface area contributed by atoms with Gasteiger partial charge in [0.1, 0.15) is 0 Å². The number of fused-ring (bicyclic) bond motifs is 2. The van der Waals surface area contributed by atoms with Crippen LogP contribution in [0.4, 0.5) is 17.1 Å². The fraction of sp³-hybridized carbons (Fsp3) is 0.375. The van der Waals surface area contributed by atoms with Crippen molar-refractivity contribution < 1.29 is 9.59 Å². The quantitative estimate of drug-likeness (QED) is 0.126. The Hall–Kier alpha value is -2.92. The van der Waals surface area contributed by atoms with Crippen LogP contribution < -0.4 is 11.1 Å². The molecule has 5 heteroatoms. The molecular weight excluding hydrogens is 524 g/mol. The summed E-state index contributed by atoms with van der Waals surface area (Å²) in [5, 5.41) is 3.37. The number of rotatable bonds is 13. The second kappa shape index (κ2) is 13.0. The van der Waals surface area contributed by atoms with E-state index in [1.54, 1.807) is 24.3 Å². The standard InChI is InChI=1S/C32H37BrN2O2/c1-2-3-4-5-6-7-8-9-10-11-12-22-13-15-23(16-14-22)35-24-17-18-25-27(21-24)31(36)26-19-20-28(33)30(34)29(26)32(25)37/h13-21,35H,2-12,34H2,1H3. The lowest BCUT2D eigenvalue weighted by atomic mass is 9.83. The van der Waals surface area contributed by atoms with E-state index in [1.165, 1.54) is 69.8 Å². The molecule has 3 aromatic carbocycles. The summed E-state index contributed by atoms with van der Waals surface area (Å²) in [5.74, 6) is -0.398. The van der Waals surface area contributed by atoms with Gasteiger partial charge in [-0.2, -0.15) is 0 Å². The highest BCUT2D eigenvalue weighted by Crippen LogP contribution is 2.36. The molecule has 0 spiro atoms. The lowest BCUT2D eigenvalue weighted by Crippen LogP contribution is -2.22. The molecule has 0 amide bonds. The summed E-state index contributed by atoms with van der Waals surface area (Å²) in [6.07, 6.45) is 14.6. The minimum absolute atomic E-state index is 0.181. The van der Waals surface area contributed by atoms with E-state index in [0.29, 0.717) is 26.9 Å². The average molecular weight is 562 g/mol. The first-order valence-corrected chi connectivity index (χ1v) is 14.5. The number of hydrogen-bond acceptors (Lipinski definition) is 4. The van der Waals surface area contributed by atoms with Crippen molar-refractivity contribution in [2.75, 3.05) is 11.1 Å². The van der Waals surface area contributed by atoms with Crippen molar-refractivity contribution >= 4 is 44.6 Å². The predicted octanol–water partition coefficient (Wildman–Crippen LogP) is 9.01. The van der Waals surface area contributed by atoms with Crippen LogP contribution in [0.3, 0.4) is 0 Å². The lowest BCUT2D eigenvalue weighted by molar-refractivity contribution is 0.0979. The summed E-state index contributed by atoms with van der Waals surface area (Å²) in [5.41, 5.74) is 10.9. The molecular formula is C32H37BrN2O2. The maximum atomic E-state index is 13.2. The number of aryl methyl sites for hydroxylation is 1. The zero-order valence-corrected chi connectivity index (χ0v) is 23.3. The van der Waals surface area contributed by atoms with Gasteiger partial charge >= 0.3 is 0 Å². The van der Waals surface area contributed by atoms with E-state index >= 15 is 0 Å². The zero-order chi connectivity index (χ0) is 26.2. The summed E-state index contributed by atoms with van der Waals surface area (Å²) >= 11 is 3.35. The van der Waals surface area contributed by atoms with Crippen LogP contribution in [0.2, 0.25) is 0 Å². The molecule has 0 heterocycles. The Labute approximate surface area is 229 Å². The van der Waals surface area contributed by atoms with Crippen LogP contribution in [-0.4, -0.2) is 11.6 Å². The number of nitrogens with one attached hydrogen (secondary N) is 1. The molecule has 3 aromatic rings. The molecule has 4 nitrogen and oxygen atoms in total. The summed E-state index contributed by atoms with van der Waals surface area (Å²) < 4.78 is 0.616. The first kappa shape index (κ1) is 27.1. The van der Waals surface area contributed by atoms with E-state index in [1.807, 2.05) is 6.07 Å². The molecule has 0 saturated heterocycles. The first-order chi connectivity index (χ1) is 18.0. The third kappa shape index (κ3) is 6.70. The SMILES string of the molecule is CCCCCCCCCCCCc1ccc(Nc2ccc3c(c2)C(=O)c2ccc(Br)c(N)c2C3=O)cc1. The van der Waals surface area contributed by atoms with Crippen LogP contribution >= 0.6 is 15.9 Å². The smallest absolute Gasteiger partial charge is 0.196 e. The van der Waals surface area contributed by atoms with Gasteiger partial charge in [-0.1, -0.05) is 76.8 Å². The lowest BCUT2D eigenvalue weighted by Gasteiger charge is -2.20. The van der Waals surface area contributed by atoms with Gasteiger partial charge in [0.25, 0.3) is 0 Å². The minimum Gasteiger partial charge on any atom is -0.397 e. The van der Waals surface area contributed by atoms with Gasteiger partial charge < -0.3 is 11.1 Å². The van der Waals surface area contributed by atoms with Crippen LogP contribution in [0.15, 0.2) is 59.1 Å². The minimum atomic E-state index is -0.216. The Balaban J connectivity index is 1.28. The van der Waals surface area contributed by atoms with Gasteiger partial charge in [-0.25, -0.2) is 0 Å². The fourth-order valence-electron chi connectivity index (χ4n) is 5.05. The highest BCUT2D eigenvalue weighted by Gasteiger charge is 2.32. The van der Waals surface area contributed by atoms with Gasteiger partial charge in [-0.15, -0.1) is 0 Å². The van der Waals surface area contributed by atoms with Crippen molar-refractivity contribution in [3.8, 4) is 0 Å². The third-order valence-corrected chi connectivity index (χ3v) is 7.93. The topological polar surface area (TPSA) is 72.2 Å². The van der Waals surface area contributed by atoms with Crippen molar-refractivity contribution in [1.29, 1.82) is 0 Å². The molecule has 1 aliphatic rings. The largest absolute Gasteiger partial charge is 0.397 e. The van der Waals surface area contributed by atoms with Crippen LogP contribution in [0, 0.1) is 0 Å². The number of carbonyl (C=O) groups excluding carboxylic acids is 2. The number of nitrogens with two attached hydrogens (primary N) is 1. The number of benzene rings is 3. The third-order valence-electron chi connectivity index (χ3n) is 7.23. The van der Waals surface area contributed by atoms with Gasteiger partial charge in [0.05, 0.1) is 11.3 Å². The molecule has 0 unspecified atom stereocenters. The Morgan fingerprint density at radius 2 is 1.27 bits per heavy atom. The molecule has 0 aliphatic heterocycles. The van der Waals surface area contributed by atoms with Gasteiger partial charge in [0.2, 0.25) is 0 Å². The molecule has 0 aromatic heterocycles. The number of unbranched alkanes of at least 4 members (excludes halogenated alkanes) is 9. The van der Waals surface area contributed by atoms with Gasteiger partial charge in [0, 0.05) is 32.5 Å². The van der Waals surface area contributed by atoms with Crippen molar-refractivity contribution in [1.82, 2.24) is 0 Å². The maximum Gasteiger partial charge on any atom is 0.196 e. The molecule has 0 radical (unpaired) electrons. The monoisotopic (exact) mass is 560 g/mol. The van der Waals surface area contributed by atoms with Crippen LogP contribution in [0.5, 0.6) is 0 Å². The number of nitrogen functional groups attached to an aromatic ring is 1. The second-order valence-corrected chi connectivity index (χ2v) is 10.9. The maximum absolute atomic E-state index is 13.2. The van der Waals surface area contributed by atoms with Crippen molar-refractivity contribution in [3.63, 3.8) is 0 Å². The summed E-state index contributed by atoms with van der Waals surface area (Å²) in [7, 11) is 0. The number of hydrogen-bond donors (Lipinski definition) is 2. The summed E-state index contributed by atoms with van der Waals surface area (Å²) in [4.78, 5) is 26.2. The summed E-state index contributed by atoms with van der Waals surface area (Å²) in [6.45, 7) is 2.27. The normalized spacial score (nSPS) is 12.4. The number of carbonyl (C=O) groups is 2. The molecule has 37 heavy (non-hydrogen) atoms. The van der Waals surface area contributed by atoms with Crippen molar-refractivity contribution in [2.24, 2.45) is 0 Å². The van der Waals surface area contributed by atoms with Crippen molar-refractivity contribution in [2.45, 2.75) is 77.6 Å². The Kier molecular flexibility index (Phi) is 9.56. The van der Waals surface area contributed by atoms with Crippen LogP contribution in [0.25, 0.3) is 0 Å². The summed E-state index contributed by atoms with van der Waals surface area (Å²) in [6, 6.07) is 17.2. The van der Waals surface area contributed by atoms with Crippen LogP contribution in [-0.2, 0) is 6.42 Å². The fourth-order valence-corrected chi connectivity index (χ4v) is 5.38. The molecule has 1 aliphatic carbocycles. The molecule has 0 bridgehead atoms. The van der Waals surface area contributed by atoms with Crippen molar-refractivity contribution in [3.05, 3.63) is 86.9 Å². The second-order valence-electron chi connectivity index (χ2n) is 10.1. The predicted molar refractivity (Wildman–Crippen MR) is 157 cm³/mol. The van der Waals surface area contributed by atoms with E-state index < -0.39 is 0 Å². The molecule has 0 saturated carbocycles. The highest BCUT2D eigenvalue weighted by molar-refractivity contribution is 9.10. The Morgan fingerprint density at radius 3 is 1.95 bits per heavy atom. The Morgan fingerprint density at radius 1 is 0.676 bits per heavy atom. The zero-order valence-electron chi connectivity index (χ0n) is 21.7. The average Bonchev–Trinajstić information content (AvgIpc) is 2.91. The number of halogens is 1. The first-order valence-electron chi connectivity index (χ1n) is 13.7. The highest BCUT2D eigenvalue weighted by atomic mass is 79.9. The molecule has 194 valence electrons. The van der Waals surface area contributed by atoms with E-state index in [0.717, 1.165) is 17.8 Å². The van der Waals surface area contributed by atoms with E-state index in [-0.39, 0.29) is 17.1 Å². The van der Waals surface area contributed by atoms with Crippen LogP contribution in [0.1, 0.15) is 109 Å². The molecule has 4 rings (SSSR count). The van der Waals surface area contributed by atoms with Gasteiger partial charge in [0.15, 0.2) is 11.6 Å². The van der Waals surface area contributed by atoms with E-state index in [2.05, 4.69) is 52.4 Å². The Bertz CT molecular complexity index is 1250. The van der Waals surface area contributed by atoms with E-state index in [4.69, 9.17) is 5.73 Å². The molecule has 3 N–H and O–H groups in total. The molecule has 0 fully saturated rings.